The van der Waals surface area contributed by atoms with Gasteiger partial charge >= 0.3 is 0 Å². The second-order valence-corrected chi connectivity index (χ2v) is 7.81. The smallest absolute Gasteiger partial charge is 0.215 e. The Morgan fingerprint density at radius 2 is 1.27 bits per heavy atom. The van der Waals surface area contributed by atoms with Crippen LogP contribution < -0.4 is 0 Å². The van der Waals surface area contributed by atoms with Crippen molar-refractivity contribution in [3.63, 3.8) is 0 Å². The van der Waals surface area contributed by atoms with Gasteiger partial charge in [-0.1, -0.05) is 48.5 Å². The van der Waals surface area contributed by atoms with Gasteiger partial charge in [0, 0.05) is 23.5 Å². The molecule has 142 valence electrons. The fraction of sp³-hybridized carbons (Fsp3) is 0.0385. The molecular weight excluding hydrogens is 368 g/mol. The molecule has 0 aliphatic rings. The van der Waals surface area contributed by atoms with Crippen LogP contribution in [0.5, 0.6) is 0 Å². The van der Waals surface area contributed by atoms with E-state index in [2.05, 4.69) is 112 Å². The molecule has 0 fully saturated rings. The second-order valence-electron chi connectivity index (χ2n) is 7.81. The molecule has 30 heavy (non-hydrogen) atoms. The summed E-state index contributed by atoms with van der Waals surface area (Å²) in [5, 5.41) is 2.44. The third-order valence-electron chi connectivity index (χ3n) is 6.24. The third kappa shape index (κ3) is 1.83. The number of fused-ring (bicyclic) bond motifs is 9. The van der Waals surface area contributed by atoms with Gasteiger partial charge in [-0.25, -0.2) is 4.98 Å². The number of benzene rings is 4. The molecule has 0 saturated carbocycles. The molecule has 0 amide bonds. The highest BCUT2D eigenvalue weighted by Gasteiger charge is 2.19. The fourth-order valence-electron chi connectivity index (χ4n) is 4.94. The molecule has 7 aromatic rings. The maximum atomic E-state index is 5.15. The van der Waals surface area contributed by atoms with E-state index < -0.39 is 0 Å². The van der Waals surface area contributed by atoms with Gasteiger partial charge in [0.05, 0.1) is 27.6 Å². The Hall–Kier alpha value is -4.05. The van der Waals surface area contributed by atoms with Gasteiger partial charge in [0.15, 0.2) is 0 Å². The minimum Gasteiger partial charge on any atom is -0.313 e. The Labute approximate surface area is 172 Å². The molecule has 0 N–H and O–H groups in total. The summed E-state index contributed by atoms with van der Waals surface area (Å²) in [5.74, 6) is 0.968. The number of para-hydroxylation sites is 4. The van der Waals surface area contributed by atoms with E-state index >= 15 is 0 Å². The van der Waals surface area contributed by atoms with Crippen molar-refractivity contribution in [3.8, 4) is 5.69 Å². The van der Waals surface area contributed by atoms with Crippen molar-refractivity contribution in [2.75, 3.05) is 0 Å². The Bertz CT molecular complexity index is 1750. The molecule has 0 bridgehead atoms. The molecule has 0 aliphatic carbocycles. The molecular formula is C26H18N4. The monoisotopic (exact) mass is 386 g/mol. The average Bonchev–Trinajstić information content (AvgIpc) is 3.43. The topological polar surface area (TPSA) is 27.2 Å². The summed E-state index contributed by atoms with van der Waals surface area (Å²) < 4.78 is 6.79. The van der Waals surface area contributed by atoms with Crippen molar-refractivity contribution in [3.05, 3.63) is 91.0 Å². The van der Waals surface area contributed by atoms with E-state index in [1.54, 1.807) is 0 Å². The van der Waals surface area contributed by atoms with E-state index in [1.807, 2.05) is 0 Å². The van der Waals surface area contributed by atoms with Gasteiger partial charge < -0.3 is 9.13 Å². The van der Waals surface area contributed by atoms with E-state index in [1.165, 1.54) is 32.8 Å². The number of imidazole rings is 2. The fourth-order valence-corrected chi connectivity index (χ4v) is 4.94. The molecule has 0 unspecified atom stereocenters. The molecule has 7 rings (SSSR count). The summed E-state index contributed by atoms with van der Waals surface area (Å²) in [7, 11) is 2.09. The van der Waals surface area contributed by atoms with Crippen LogP contribution in [0, 0.1) is 0 Å². The maximum Gasteiger partial charge on any atom is 0.215 e. The third-order valence-corrected chi connectivity index (χ3v) is 6.24. The highest BCUT2D eigenvalue weighted by molar-refractivity contribution is 6.20. The van der Waals surface area contributed by atoms with Crippen molar-refractivity contribution >= 4 is 49.7 Å². The van der Waals surface area contributed by atoms with Crippen molar-refractivity contribution < 1.29 is 0 Å². The van der Waals surface area contributed by atoms with Gasteiger partial charge in [0.25, 0.3) is 0 Å². The van der Waals surface area contributed by atoms with Crippen LogP contribution >= 0.6 is 0 Å². The van der Waals surface area contributed by atoms with Gasteiger partial charge in [-0.2, -0.15) is 0 Å². The summed E-state index contributed by atoms with van der Waals surface area (Å²) in [6, 6.07) is 32.1. The zero-order valence-electron chi connectivity index (χ0n) is 16.4. The quantitative estimate of drug-likeness (QED) is 0.336. The molecule has 0 saturated heterocycles. The Morgan fingerprint density at radius 1 is 0.600 bits per heavy atom. The molecule has 4 aromatic carbocycles. The zero-order valence-corrected chi connectivity index (χ0v) is 16.4. The number of rotatable bonds is 1. The Balaban J connectivity index is 1.73. The van der Waals surface area contributed by atoms with E-state index in [0.717, 1.165) is 22.5 Å². The van der Waals surface area contributed by atoms with E-state index in [4.69, 9.17) is 4.98 Å². The van der Waals surface area contributed by atoms with E-state index in [9.17, 15) is 0 Å². The number of hydrogen-bond acceptors (Lipinski definition) is 1. The average molecular weight is 386 g/mol. The first kappa shape index (κ1) is 15.8. The van der Waals surface area contributed by atoms with Crippen LogP contribution in [0.4, 0.5) is 0 Å². The van der Waals surface area contributed by atoms with Crippen LogP contribution in [0.1, 0.15) is 0 Å². The van der Waals surface area contributed by atoms with E-state index in [-0.39, 0.29) is 0 Å². The van der Waals surface area contributed by atoms with Gasteiger partial charge in [-0.3, -0.25) is 4.40 Å². The lowest BCUT2D eigenvalue weighted by molar-refractivity contribution is 0.974. The number of aromatic nitrogens is 4. The van der Waals surface area contributed by atoms with Gasteiger partial charge in [0.2, 0.25) is 5.78 Å². The first-order valence-electron chi connectivity index (χ1n) is 10.2. The van der Waals surface area contributed by atoms with Crippen molar-refractivity contribution in [1.82, 2.24) is 18.5 Å². The summed E-state index contributed by atoms with van der Waals surface area (Å²) >= 11 is 0. The normalized spacial score (nSPS) is 12.2. The molecule has 0 atom stereocenters. The molecule has 3 aromatic heterocycles. The molecule has 3 heterocycles. The van der Waals surface area contributed by atoms with Gasteiger partial charge in [0.1, 0.15) is 5.52 Å². The van der Waals surface area contributed by atoms with Gasteiger partial charge in [-0.15, -0.1) is 0 Å². The maximum absolute atomic E-state index is 5.15. The lowest BCUT2D eigenvalue weighted by Crippen LogP contribution is -1.92. The van der Waals surface area contributed by atoms with Crippen molar-refractivity contribution in [1.29, 1.82) is 0 Å². The standard InChI is InChI=1S/C26H18N4/c1-28-20-13-7-8-14-21(20)30-23-16-15-22-24(25(23)27-26(28)30)18-11-5-6-12-19(18)29(22)17-9-3-2-4-10-17/h2-16H,1H3. The second kappa shape index (κ2) is 5.51. The summed E-state index contributed by atoms with van der Waals surface area (Å²) in [6.45, 7) is 0. The van der Waals surface area contributed by atoms with Gasteiger partial charge in [-0.05, 0) is 42.5 Å². The van der Waals surface area contributed by atoms with Crippen LogP contribution in [-0.2, 0) is 7.05 Å². The molecule has 4 heteroatoms. The summed E-state index contributed by atoms with van der Waals surface area (Å²) in [4.78, 5) is 5.15. The number of nitrogens with zero attached hydrogens (tertiary/aromatic N) is 4. The highest BCUT2D eigenvalue weighted by Crippen LogP contribution is 2.37. The van der Waals surface area contributed by atoms with Crippen LogP contribution in [0.25, 0.3) is 55.3 Å². The largest absolute Gasteiger partial charge is 0.313 e. The lowest BCUT2D eigenvalue weighted by Gasteiger charge is -2.07. The van der Waals surface area contributed by atoms with E-state index in [0.29, 0.717) is 0 Å². The Kier molecular flexibility index (Phi) is 2.91. The van der Waals surface area contributed by atoms with Crippen molar-refractivity contribution in [2.24, 2.45) is 7.05 Å². The lowest BCUT2D eigenvalue weighted by atomic mass is 10.1. The number of hydrogen-bond donors (Lipinski definition) is 0. The summed E-state index contributed by atoms with van der Waals surface area (Å²) in [6.07, 6.45) is 0. The Morgan fingerprint density at radius 3 is 2.10 bits per heavy atom. The predicted octanol–water partition coefficient (Wildman–Crippen LogP) is 6.08. The summed E-state index contributed by atoms with van der Waals surface area (Å²) in [5.41, 5.74) is 8.12. The molecule has 0 spiro atoms. The van der Waals surface area contributed by atoms with Crippen LogP contribution in [0.2, 0.25) is 0 Å². The first-order chi connectivity index (χ1) is 14.8. The van der Waals surface area contributed by atoms with Crippen LogP contribution in [0.3, 0.4) is 0 Å². The minimum atomic E-state index is 0.968. The first-order valence-corrected chi connectivity index (χ1v) is 10.2. The minimum absolute atomic E-state index is 0.968. The SMILES string of the molecule is Cn1c2ccccc2n2c3ccc4c(c5ccccc5n4-c4ccccc4)c3nc12. The number of aryl methyl sites for hydroxylation is 1. The molecule has 0 radical (unpaired) electrons. The molecule has 4 nitrogen and oxygen atoms in total. The highest BCUT2D eigenvalue weighted by atomic mass is 15.2. The molecule has 0 aliphatic heterocycles. The predicted molar refractivity (Wildman–Crippen MR) is 124 cm³/mol. The van der Waals surface area contributed by atoms with Crippen LogP contribution in [-0.4, -0.2) is 18.5 Å². The zero-order chi connectivity index (χ0) is 19.8. The van der Waals surface area contributed by atoms with Crippen LogP contribution in [0.15, 0.2) is 91.0 Å². The van der Waals surface area contributed by atoms with Crippen molar-refractivity contribution in [2.45, 2.75) is 0 Å².